The Morgan fingerprint density at radius 2 is 1.93 bits per heavy atom. The van der Waals surface area contributed by atoms with E-state index in [1.54, 1.807) is 0 Å². The first-order chi connectivity index (χ1) is 13.3. The van der Waals surface area contributed by atoms with Crippen LogP contribution in [0.4, 0.5) is 5.69 Å². The molecule has 5 N–H and O–H groups in total. The zero-order valence-corrected chi connectivity index (χ0v) is 15.6. The van der Waals surface area contributed by atoms with Gasteiger partial charge in [0.05, 0.1) is 23.4 Å². The van der Waals surface area contributed by atoms with Gasteiger partial charge in [-0.1, -0.05) is 11.6 Å². The van der Waals surface area contributed by atoms with Gasteiger partial charge in [-0.25, -0.2) is 0 Å². The molecule has 1 aliphatic carbocycles. The van der Waals surface area contributed by atoms with Crippen LogP contribution in [0, 0.1) is 5.92 Å². The second-order valence-electron chi connectivity index (χ2n) is 6.45. The first-order valence-corrected chi connectivity index (χ1v) is 8.77. The van der Waals surface area contributed by atoms with Gasteiger partial charge in [0.15, 0.2) is 17.3 Å². The van der Waals surface area contributed by atoms with Gasteiger partial charge in [0, 0.05) is 23.6 Å². The van der Waals surface area contributed by atoms with E-state index in [2.05, 4.69) is 5.32 Å². The van der Waals surface area contributed by atoms with Crippen LogP contribution < -0.4 is 10.1 Å². The Morgan fingerprint density at radius 3 is 2.57 bits per heavy atom. The van der Waals surface area contributed by atoms with E-state index in [1.165, 1.54) is 7.11 Å². The topological polar surface area (TPSA) is 136 Å². The highest BCUT2D eigenvalue weighted by Gasteiger charge is 2.36. The number of phenolic OH excluding ortho intramolecular Hbond substituents is 4. The number of halogens is 1. The number of carbonyl (C=O) groups is 2. The van der Waals surface area contributed by atoms with Crippen molar-refractivity contribution in [1.29, 1.82) is 0 Å². The van der Waals surface area contributed by atoms with Crippen molar-refractivity contribution >= 4 is 29.5 Å². The quantitative estimate of drug-likeness (QED) is 0.282. The number of ether oxygens (including phenoxy) is 1. The number of hydrogen-bond acceptors (Lipinski definition) is 7. The summed E-state index contributed by atoms with van der Waals surface area (Å²) in [6.07, 6.45) is 0.971. The standard InChI is InChI=1S/C19H18ClNO7/c1-28-19-9(18(27)11(21-7-22)5-14(19)25)3-2-8-4-10-15(17(8)26)12(23)6-13(24)16(10)20/h5-8,23-25,27H,2-4H2,1H3,(H,21,22). The molecule has 0 saturated carbocycles. The van der Waals surface area contributed by atoms with Crippen molar-refractivity contribution in [2.45, 2.75) is 19.3 Å². The Kier molecular flexibility index (Phi) is 5.24. The number of anilines is 1. The summed E-state index contributed by atoms with van der Waals surface area (Å²) in [4.78, 5) is 23.4. The maximum absolute atomic E-state index is 12.7. The molecule has 0 spiro atoms. The maximum atomic E-state index is 12.7. The van der Waals surface area contributed by atoms with Crippen molar-refractivity contribution in [1.82, 2.24) is 0 Å². The molecule has 9 heteroatoms. The molecule has 0 saturated heterocycles. The fourth-order valence-electron chi connectivity index (χ4n) is 3.57. The minimum atomic E-state index is -0.547. The van der Waals surface area contributed by atoms with E-state index >= 15 is 0 Å². The molecule has 3 rings (SSSR count). The lowest BCUT2D eigenvalue weighted by atomic mass is 9.94. The summed E-state index contributed by atoms with van der Waals surface area (Å²) in [5, 5.41) is 42.5. The third kappa shape index (κ3) is 3.16. The van der Waals surface area contributed by atoms with Gasteiger partial charge >= 0.3 is 0 Å². The van der Waals surface area contributed by atoms with Crippen LogP contribution in [-0.4, -0.2) is 39.7 Å². The molecule has 0 bridgehead atoms. The summed E-state index contributed by atoms with van der Waals surface area (Å²) in [7, 11) is 1.32. The molecule has 1 atom stereocenters. The van der Waals surface area contributed by atoms with Gasteiger partial charge in [0.25, 0.3) is 0 Å². The highest BCUT2D eigenvalue weighted by molar-refractivity contribution is 6.34. The van der Waals surface area contributed by atoms with Crippen molar-refractivity contribution in [3.8, 4) is 28.7 Å². The highest BCUT2D eigenvalue weighted by Crippen LogP contribution is 2.46. The fraction of sp³-hybridized carbons (Fsp3) is 0.263. The smallest absolute Gasteiger partial charge is 0.211 e. The number of amides is 1. The molecule has 148 valence electrons. The summed E-state index contributed by atoms with van der Waals surface area (Å²) in [6.45, 7) is 0. The monoisotopic (exact) mass is 407 g/mol. The third-order valence-electron chi connectivity index (χ3n) is 4.88. The average molecular weight is 408 g/mol. The lowest BCUT2D eigenvalue weighted by Gasteiger charge is -2.16. The van der Waals surface area contributed by atoms with Gasteiger partial charge in [-0.05, 0) is 24.8 Å². The van der Waals surface area contributed by atoms with Gasteiger partial charge in [-0.15, -0.1) is 0 Å². The van der Waals surface area contributed by atoms with E-state index in [4.69, 9.17) is 16.3 Å². The number of hydrogen-bond donors (Lipinski definition) is 5. The Labute approximate surface area is 165 Å². The fourth-order valence-corrected chi connectivity index (χ4v) is 3.80. The van der Waals surface area contributed by atoms with Crippen LogP contribution in [0.3, 0.4) is 0 Å². The van der Waals surface area contributed by atoms with Gasteiger partial charge in [-0.3, -0.25) is 9.59 Å². The first kappa shape index (κ1) is 19.6. The second kappa shape index (κ2) is 7.47. The molecule has 8 nitrogen and oxygen atoms in total. The lowest BCUT2D eigenvalue weighted by molar-refractivity contribution is -0.105. The predicted molar refractivity (Wildman–Crippen MR) is 101 cm³/mol. The van der Waals surface area contributed by atoms with Crippen LogP contribution in [-0.2, 0) is 17.6 Å². The normalized spacial score (nSPS) is 15.4. The van der Waals surface area contributed by atoms with Crippen LogP contribution in [0.1, 0.15) is 27.9 Å². The van der Waals surface area contributed by atoms with Crippen LogP contribution in [0.15, 0.2) is 12.1 Å². The van der Waals surface area contributed by atoms with Crippen molar-refractivity contribution in [2.75, 3.05) is 12.4 Å². The minimum Gasteiger partial charge on any atom is -0.507 e. The summed E-state index contributed by atoms with van der Waals surface area (Å²) >= 11 is 6.06. The summed E-state index contributed by atoms with van der Waals surface area (Å²) < 4.78 is 5.14. The number of phenols is 4. The summed E-state index contributed by atoms with van der Waals surface area (Å²) in [5.74, 6) is -2.01. The highest BCUT2D eigenvalue weighted by atomic mass is 35.5. The lowest BCUT2D eigenvalue weighted by Crippen LogP contribution is -2.11. The van der Waals surface area contributed by atoms with Crippen molar-refractivity contribution < 1.29 is 34.8 Å². The molecule has 0 aromatic heterocycles. The molecule has 1 aliphatic rings. The zero-order chi connectivity index (χ0) is 20.6. The van der Waals surface area contributed by atoms with Crippen LogP contribution in [0.5, 0.6) is 28.7 Å². The third-order valence-corrected chi connectivity index (χ3v) is 5.30. The van der Waals surface area contributed by atoms with Crippen molar-refractivity contribution in [3.05, 3.63) is 33.8 Å². The number of ketones is 1. The number of carbonyl (C=O) groups excluding carboxylic acids is 2. The molecule has 2 aromatic rings. The number of aromatic hydroxyl groups is 4. The average Bonchev–Trinajstić information content (AvgIpc) is 2.98. The Hall–Kier alpha value is -3.13. The number of methoxy groups -OCH3 is 1. The molecule has 28 heavy (non-hydrogen) atoms. The SMILES string of the molecule is COc1c(O)cc(NC=O)c(O)c1CCC1Cc2c(Cl)c(O)cc(O)c2C1=O. The van der Waals surface area contributed by atoms with E-state index in [1.807, 2.05) is 0 Å². The van der Waals surface area contributed by atoms with Gasteiger partial charge < -0.3 is 30.5 Å². The van der Waals surface area contributed by atoms with E-state index in [0.29, 0.717) is 12.0 Å². The summed E-state index contributed by atoms with van der Waals surface area (Å²) in [6, 6.07) is 2.19. The molecular formula is C19H18ClNO7. The number of benzene rings is 2. The number of fused-ring (bicyclic) bond motifs is 1. The van der Waals surface area contributed by atoms with Gasteiger partial charge in [0.2, 0.25) is 6.41 Å². The van der Waals surface area contributed by atoms with Crippen LogP contribution >= 0.6 is 11.6 Å². The van der Waals surface area contributed by atoms with Gasteiger partial charge in [-0.2, -0.15) is 0 Å². The minimum absolute atomic E-state index is 0.00921. The van der Waals surface area contributed by atoms with Crippen molar-refractivity contribution in [2.24, 2.45) is 5.92 Å². The molecule has 0 fully saturated rings. The first-order valence-electron chi connectivity index (χ1n) is 8.39. The number of nitrogens with one attached hydrogen (secondary N) is 1. The van der Waals surface area contributed by atoms with E-state index in [-0.39, 0.29) is 75.6 Å². The van der Waals surface area contributed by atoms with Crippen LogP contribution in [0.25, 0.3) is 0 Å². The van der Waals surface area contributed by atoms with Crippen LogP contribution in [0.2, 0.25) is 5.02 Å². The summed E-state index contributed by atoms with van der Waals surface area (Å²) in [5.41, 5.74) is 0.705. The maximum Gasteiger partial charge on any atom is 0.211 e. The Balaban J connectivity index is 1.89. The van der Waals surface area contributed by atoms with E-state index < -0.39 is 5.92 Å². The molecule has 2 aromatic carbocycles. The zero-order valence-electron chi connectivity index (χ0n) is 14.8. The number of rotatable bonds is 6. The van der Waals surface area contributed by atoms with E-state index in [0.717, 1.165) is 12.1 Å². The Bertz CT molecular complexity index is 974. The molecule has 1 amide bonds. The second-order valence-corrected chi connectivity index (χ2v) is 6.83. The number of Topliss-reactive ketones (excluding diaryl/α,β-unsaturated/α-hetero) is 1. The molecular weight excluding hydrogens is 390 g/mol. The molecule has 0 heterocycles. The molecule has 0 radical (unpaired) electrons. The van der Waals surface area contributed by atoms with Crippen molar-refractivity contribution in [3.63, 3.8) is 0 Å². The largest absolute Gasteiger partial charge is 0.507 e. The molecule has 0 aliphatic heterocycles. The predicted octanol–water partition coefficient (Wildman–Crippen LogP) is 2.73. The van der Waals surface area contributed by atoms with Gasteiger partial charge in [0.1, 0.15) is 17.2 Å². The molecule has 1 unspecified atom stereocenters. The Morgan fingerprint density at radius 1 is 1.21 bits per heavy atom. The van der Waals surface area contributed by atoms with E-state index in [9.17, 15) is 30.0 Å².